The summed E-state index contributed by atoms with van der Waals surface area (Å²) in [4.78, 5) is 4.12. The number of fused-ring (bicyclic) bond motifs is 1. The van der Waals surface area contributed by atoms with Crippen LogP contribution in [0.5, 0.6) is 5.75 Å². The summed E-state index contributed by atoms with van der Waals surface area (Å²) in [6.45, 7) is 4.90. The van der Waals surface area contributed by atoms with E-state index in [1.54, 1.807) is 11.3 Å². The van der Waals surface area contributed by atoms with Crippen LogP contribution in [0.3, 0.4) is 0 Å². The maximum absolute atomic E-state index is 5.92. The van der Waals surface area contributed by atoms with Gasteiger partial charge in [0.15, 0.2) is 0 Å². The zero-order valence-corrected chi connectivity index (χ0v) is 21.2. The smallest absolute Gasteiger partial charge is 0.148 e. The molecule has 1 aliphatic carbocycles. The molecule has 2 aromatic carbocycles. The quantitative estimate of drug-likeness (QED) is 0.307. The van der Waals surface area contributed by atoms with Crippen molar-refractivity contribution in [2.24, 2.45) is 0 Å². The molecule has 5 rings (SSSR count). The van der Waals surface area contributed by atoms with E-state index in [2.05, 4.69) is 68.3 Å². The van der Waals surface area contributed by atoms with Crippen LogP contribution in [0.2, 0.25) is 0 Å². The van der Waals surface area contributed by atoms with E-state index in [1.165, 1.54) is 22.3 Å². The Hall–Kier alpha value is -3.29. The lowest BCUT2D eigenvalue weighted by molar-refractivity contribution is 0.244. The second-order valence-electron chi connectivity index (χ2n) is 9.09. The Morgan fingerprint density at radius 3 is 2.69 bits per heavy atom. The van der Waals surface area contributed by atoms with Gasteiger partial charge in [-0.05, 0) is 80.1 Å². The summed E-state index contributed by atoms with van der Waals surface area (Å²) < 4.78 is 5.92. The van der Waals surface area contributed by atoms with E-state index in [9.17, 15) is 0 Å². The summed E-state index contributed by atoms with van der Waals surface area (Å²) in [6, 6.07) is 17.2. The van der Waals surface area contributed by atoms with Gasteiger partial charge in [0.2, 0.25) is 0 Å². The van der Waals surface area contributed by atoms with Crippen molar-refractivity contribution < 1.29 is 4.74 Å². The van der Waals surface area contributed by atoms with Crippen molar-refractivity contribution in [2.75, 3.05) is 12.4 Å². The highest BCUT2D eigenvalue weighted by Gasteiger charge is 2.24. The molecule has 0 bridgehead atoms. The molecule has 1 atom stereocenters. The largest absolute Gasteiger partial charge is 0.489 e. The Bertz CT molecular complexity index is 1290. The van der Waals surface area contributed by atoms with Gasteiger partial charge in [0.1, 0.15) is 15.8 Å². The molecule has 7 heteroatoms. The van der Waals surface area contributed by atoms with E-state index in [4.69, 9.17) is 4.74 Å². The number of nitrogens with zero attached hydrogens (tertiary/aromatic N) is 3. The molecule has 0 radical (unpaired) electrons. The lowest BCUT2D eigenvalue weighted by Gasteiger charge is -2.28. The number of nitrogens with one attached hydrogen (secondary N) is 2. The van der Waals surface area contributed by atoms with Crippen LogP contribution < -0.4 is 15.4 Å². The SMILES string of the molecule is CNc1cc(-c2nnc(-c3cccc4c3CCC[C@@H]4NCc3ccncc3)s2)ccc1OC(C)C. The monoisotopic (exact) mass is 485 g/mol. The number of anilines is 1. The minimum atomic E-state index is 0.119. The van der Waals surface area contributed by atoms with Gasteiger partial charge in [-0.1, -0.05) is 29.5 Å². The van der Waals surface area contributed by atoms with Crippen molar-refractivity contribution in [3.8, 4) is 26.9 Å². The van der Waals surface area contributed by atoms with Gasteiger partial charge in [0.05, 0.1) is 11.8 Å². The average molecular weight is 486 g/mol. The van der Waals surface area contributed by atoms with E-state index >= 15 is 0 Å². The van der Waals surface area contributed by atoms with Crippen LogP contribution in [0, 0.1) is 0 Å². The number of ether oxygens (including phenoxy) is 1. The van der Waals surface area contributed by atoms with E-state index in [0.29, 0.717) is 6.04 Å². The first-order valence-electron chi connectivity index (χ1n) is 12.2. The maximum atomic E-state index is 5.92. The van der Waals surface area contributed by atoms with Crippen molar-refractivity contribution >= 4 is 17.0 Å². The van der Waals surface area contributed by atoms with Crippen LogP contribution in [0.4, 0.5) is 5.69 Å². The molecule has 2 aromatic heterocycles. The Kier molecular flexibility index (Phi) is 7.06. The molecule has 180 valence electrons. The summed E-state index contributed by atoms with van der Waals surface area (Å²) in [6.07, 6.45) is 7.18. The molecule has 0 saturated heterocycles. The second kappa shape index (κ2) is 10.5. The molecule has 6 nitrogen and oxygen atoms in total. The van der Waals surface area contributed by atoms with E-state index in [1.807, 2.05) is 39.4 Å². The molecule has 0 spiro atoms. The summed E-state index contributed by atoms with van der Waals surface area (Å²) >= 11 is 1.64. The average Bonchev–Trinajstić information content (AvgIpc) is 3.38. The molecule has 0 aliphatic heterocycles. The summed E-state index contributed by atoms with van der Waals surface area (Å²) in [7, 11) is 1.91. The van der Waals surface area contributed by atoms with Crippen LogP contribution in [-0.2, 0) is 13.0 Å². The molecule has 4 aromatic rings. The Labute approximate surface area is 210 Å². The fourth-order valence-corrected chi connectivity index (χ4v) is 5.56. The predicted molar refractivity (Wildman–Crippen MR) is 143 cm³/mol. The topological polar surface area (TPSA) is 72.0 Å². The first kappa shape index (κ1) is 23.5. The molecule has 0 amide bonds. The van der Waals surface area contributed by atoms with E-state index in [-0.39, 0.29) is 6.10 Å². The number of hydrogen-bond donors (Lipinski definition) is 2. The molecule has 0 saturated carbocycles. The first-order valence-corrected chi connectivity index (χ1v) is 13.0. The third-order valence-electron chi connectivity index (χ3n) is 6.32. The molecule has 2 N–H and O–H groups in total. The Balaban J connectivity index is 1.40. The summed E-state index contributed by atoms with van der Waals surface area (Å²) in [5, 5.41) is 18.0. The summed E-state index contributed by atoms with van der Waals surface area (Å²) in [5.74, 6) is 0.846. The number of aromatic nitrogens is 3. The minimum Gasteiger partial charge on any atom is -0.489 e. The molecule has 0 fully saturated rings. The Morgan fingerprint density at radius 2 is 1.89 bits per heavy atom. The minimum absolute atomic E-state index is 0.119. The van der Waals surface area contributed by atoms with Gasteiger partial charge in [0.25, 0.3) is 0 Å². The van der Waals surface area contributed by atoms with Crippen molar-refractivity contribution in [3.05, 3.63) is 77.6 Å². The second-order valence-corrected chi connectivity index (χ2v) is 10.1. The van der Waals surface area contributed by atoms with E-state index in [0.717, 1.165) is 52.8 Å². The van der Waals surface area contributed by atoms with Crippen LogP contribution >= 0.6 is 11.3 Å². The fourth-order valence-electron chi connectivity index (χ4n) is 4.67. The molecular weight excluding hydrogens is 454 g/mol. The highest BCUT2D eigenvalue weighted by molar-refractivity contribution is 7.17. The van der Waals surface area contributed by atoms with Gasteiger partial charge in [0, 0.05) is 43.2 Å². The zero-order chi connectivity index (χ0) is 24.2. The number of hydrogen-bond acceptors (Lipinski definition) is 7. The third-order valence-corrected chi connectivity index (χ3v) is 7.33. The normalized spacial score (nSPS) is 15.1. The highest BCUT2D eigenvalue weighted by Crippen LogP contribution is 2.39. The van der Waals surface area contributed by atoms with Gasteiger partial charge in [-0.2, -0.15) is 0 Å². The summed E-state index contributed by atoms with van der Waals surface area (Å²) in [5.41, 5.74) is 7.22. The van der Waals surface area contributed by atoms with Gasteiger partial charge >= 0.3 is 0 Å². The van der Waals surface area contributed by atoms with Crippen LogP contribution in [0.1, 0.15) is 49.4 Å². The molecule has 2 heterocycles. The van der Waals surface area contributed by atoms with Gasteiger partial charge in [-0.3, -0.25) is 4.98 Å². The predicted octanol–water partition coefficient (Wildman–Crippen LogP) is 6.26. The standard InChI is InChI=1S/C28H31N5OS/c1-18(2)34-26-11-10-20(16-25(26)29-3)27-32-33-28(35-27)23-8-4-7-22-21(23)6-5-9-24(22)31-17-19-12-14-30-15-13-19/h4,7-8,10-16,18,24,29,31H,5-6,9,17H2,1-3H3/t24-/m0/s1. The van der Waals surface area contributed by atoms with Crippen LogP contribution in [0.15, 0.2) is 60.9 Å². The number of rotatable bonds is 8. The lowest BCUT2D eigenvalue weighted by atomic mass is 9.85. The molecular formula is C28H31N5OS. The van der Waals surface area contributed by atoms with Gasteiger partial charge in [-0.25, -0.2) is 0 Å². The highest BCUT2D eigenvalue weighted by atomic mass is 32.1. The lowest BCUT2D eigenvalue weighted by Crippen LogP contribution is -2.25. The third kappa shape index (κ3) is 5.21. The van der Waals surface area contributed by atoms with E-state index < -0.39 is 0 Å². The first-order chi connectivity index (χ1) is 17.1. The Morgan fingerprint density at radius 1 is 1.06 bits per heavy atom. The van der Waals surface area contributed by atoms with Crippen molar-refractivity contribution in [1.29, 1.82) is 0 Å². The molecule has 35 heavy (non-hydrogen) atoms. The van der Waals surface area contributed by atoms with Gasteiger partial charge in [-0.15, -0.1) is 10.2 Å². The molecule has 1 aliphatic rings. The molecule has 0 unspecified atom stereocenters. The van der Waals surface area contributed by atoms with Crippen molar-refractivity contribution in [2.45, 2.75) is 51.8 Å². The van der Waals surface area contributed by atoms with Crippen LogP contribution in [0.25, 0.3) is 21.1 Å². The number of pyridine rings is 1. The van der Waals surface area contributed by atoms with Crippen molar-refractivity contribution in [1.82, 2.24) is 20.5 Å². The fraction of sp³-hybridized carbons (Fsp3) is 0.321. The van der Waals surface area contributed by atoms with Crippen LogP contribution in [-0.4, -0.2) is 28.3 Å². The number of benzene rings is 2. The maximum Gasteiger partial charge on any atom is 0.148 e. The van der Waals surface area contributed by atoms with Crippen molar-refractivity contribution in [3.63, 3.8) is 0 Å². The van der Waals surface area contributed by atoms with Gasteiger partial charge < -0.3 is 15.4 Å². The zero-order valence-electron chi connectivity index (χ0n) is 20.4.